The number of aliphatic hydroxyl groups is 1. The lowest BCUT2D eigenvalue weighted by Crippen LogP contribution is -2.50. The van der Waals surface area contributed by atoms with E-state index < -0.39 is 22.1 Å². The molecule has 0 radical (unpaired) electrons. The van der Waals surface area contributed by atoms with Crippen molar-refractivity contribution in [2.75, 3.05) is 37.6 Å². The molecule has 0 bridgehead atoms. The van der Waals surface area contributed by atoms with Gasteiger partial charge in [-0.1, -0.05) is 61.5 Å². The molecule has 3 aliphatic heterocycles. The third-order valence-corrected chi connectivity index (χ3v) is 9.88. The molecule has 6 rings (SSSR count). The topological polar surface area (TPSA) is 107 Å². The van der Waals surface area contributed by atoms with E-state index in [1.165, 1.54) is 0 Å². The van der Waals surface area contributed by atoms with E-state index in [1.807, 2.05) is 36.4 Å². The van der Waals surface area contributed by atoms with Gasteiger partial charge < -0.3 is 29.0 Å². The minimum atomic E-state index is -3.70. The van der Waals surface area contributed by atoms with Gasteiger partial charge in [0.2, 0.25) is 0 Å². The maximum absolute atomic E-state index is 12.8. The number of hydrogen-bond donors (Lipinski definition) is 2. The lowest BCUT2D eigenvalue weighted by molar-refractivity contribution is -0.278. The van der Waals surface area contributed by atoms with E-state index in [4.69, 9.17) is 18.9 Å². The number of nitrogens with zero attached hydrogens (tertiary/aromatic N) is 1. The van der Waals surface area contributed by atoms with Gasteiger partial charge in [-0.3, -0.25) is 4.72 Å². The summed E-state index contributed by atoms with van der Waals surface area (Å²) < 4.78 is 53.2. The summed E-state index contributed by atoms with van der Waals surface area (Å²) >= 11 is 0. The molecule has 9 nitrogen and oxygen atoms in total. The molecule has 3 heterocycles. The normalized spacial score (nSPS) is 26.3. The average Bonchev–Trinajstić information content (AvgIpc) is 3.48. The first kappa shape index (κ1) is 29.3. The fourth-order valence-electron chi connectivity index (χ4n) is 5.97. The van der Waals surface area contributed by atoms with Gasteiger partial charge in [0.25, 0.3) is 10.0 Å². The second-order valence-corrected chi connectivity index (χ2v) is 13.0. The SMILES string of the molecule is C[C@H]1[C@@H](CN2CCC3(CC2)OCCO3)O[C@@H](c2ccc(NS(=O)(=O)c3ccccc3)cc2)O[C@H]1c1ccc(CO)cc1. The molecule has 3 saturated heterocycles. The number of hydrogen-bond acceptors (Lipinski definition) is 8. The van der Waals surface area contributed by atoms with Gasteiger partial charge in [0, 0.05) is 49.6 Å². The Kier molecular flexibility index (Phi) is 8.65. The van der Waals surface area contributed by atoms with Crippen LogP contribution in [0.5, 0.6) is 0 Å². The highest BCUT2D eigenvalue weighted by molar-refractivity contribution is 7.92. The smallest absolute Gasteiger partial charge is 0.261 e. The van der Waals surface area contributed by atoms with Crippen LogP contribution in [0.4, 0.5) is 5.69 Å². The zero-order valence-corrected chi connectivity index (χ0v) is 24.5. The predicted octanol–water partition coefficient (Wildman–Crippen LogP) is 4.61. The zero-order valence-electron chi connectivity index (χ0n) is 23.7. The van der Waals surface area contributed by atoms with E-state index in [1.54, 1.807) is 42.5 Å². The maximum Gasteiger partial charge on any atom is 0.261 e. The molecule has 0 aromatic heterocycles. The predicted molar refractivity (Wildman–Crippen MR) is 157 cm³/mol. The van der Waals surface area contributed by atoms with Gasteiger partial charge in [-0.15, -0.1) is 0 Å². The van der Waals surface area contributed by atoms with E-state index in [0.717, 1.165) is 49.2 Å². The lowest BCUT2D eigenvalue weighted by Gasteiger charge is -2.44. The van der Waals surface area contributed by atoms with Crippen molar-refractivity contribution in [1.29, 1.82) is 0 Å². The number of ether oxygens (including phenoxy) is 4. The molecule has 2 N–H and O–H groups in total. The summed E-state index contributed by atoms with van der Waals surface area (Å²) in [4.78, 5) is 2.61. The van der Waals surface area contributed by atoms with Crippen molar-refractivity contribution >= 4 is 15.7 Å². The lowest BCUT2D eigenvalue weighted by atomic mass is 9.89. The van der Waals surface area contributed by atoms with Crippen LogP contribution in [0.3, 0.4) is 0 Å². The highest BCUT2D eigenvalue weighted by Gasteiger charge is 2.43. The van der Waals surface area contributed by atoms with Crippen LogP contribution in [0, 0.1) is 5.92 Å². The number of sulfonamides is 1. The quantitative estimate of drug-likeness (QED) is 0.390. The van der Waals surface area contributed by atoms with E-state index in [-0.39, 0.29) is 29.6 Å². The van der Waals surface area contributed by atoms with Crippen LogP contribution >= 0.6 is 0 Å². The van der Waals surface area contributed by atoms with Crippen molar-refractivity contribution < 1.29 is 32.5 Å². The third kappa shape index (κ3) is 6.40. The Hall–Kier alpha value is -2.83. The molecule has 0 unspecified atom stereocenters. The van der Waals surface area contributed by atoms with Crippen LogP contribution in [-0.4, -0.2) is 63.2 Å². The Morgan fingerprint density at radius 3 is 2.17 bits per heavy atom. The first-order chi connectivity index (χ1) is 20.3. The van der Waals surface area contributed by atoms with Crippen LogP contribution < -0.4 is 4.72 Å². The van der Waals surface area contributed by atoms with Gasteiger partial charge >= 0.3 is 0 Å². The van der Waals surface area contributed by atoms with Crippen molar-refractivity contribution in [3.8, 4) is 0 Å². The summed E-state index contributed by atoms with van der Waals surface area (Å²) in [5.74, 6) is -0.366. The van der Waals surface area contributed by atoms with Gasteiger partial charge in [-0.05, 0) is 35.4 Å². The molecular formula is C32H38N2O7S. The van der Waals surface area contributed by atoms with Crippen LogP contribution in [0.2, 0.25) is 0 Å². The molecule has 1 spiro atoms. The summed E-state index contributed by atoms with van der Waals surface area (Å²) in [5, 5.41) is 9.52. The van der Waals surface area contributed by atoms with E-state index in [0.29, 0.717) is 18.9 Å². The number of nitrogens with one attached hydrogen (secondary N) is 1. The molecule has 10 heteroatoms. The third-order valence-electron chi connectivity index (χ3n) is 8.48. The molecule has 3 aliphatic rings. The Morgan fingerprint density at radius 2 is 1.52 bits per heavy atom. The zero-order chi connectivity index (χ0) is 29.2. The van der Waals surface area contributed by atoms with Crippen molar-refractivity contribution in [2.45, 2.75) is 55.6 Å². The molecule has 3 aromatic rings. The molecule has 4 atom stereocenters. The summed E-state index contributed by atoms with van der Waals surface area (Å²) in [5.41, 5.74) is 3.13. The highest BCUT2D eigenvalue weighted by Crippen LogP contribution is 2.42. The largest absolute Gasteiger partial charge is 0.392 e. The fourth-order valence-corrected chi connectivity index (χ4v) is 7.05. The summed E-state index contributed by atoms with van der Waals surface area (Å²) in [6.07, 6.45) is 0.699. The van der Waals surface area contributed by atoms with Crippen LogP contribution in [-0.2, 0) is 35.6 Å². The molecule has 0 saturated carbocycles. The summed E-state index contributed by atoms with van der Waals surface area (Å²) in [7, 11) is -3.70. The van der Waals surface area contributed by atoms with Crippen molar-refractivity contribution in [2.24, 2.45) is 5.92 Å². The standard InChI is InChI=1S/C32H38N2O7S/c1-23-29(21-34-17-15-32(16-18-34)38-19-20-39-32)40-31(41-30(23)25-9-7-24(22-35)8-10-25)26-11-13-27(14-12-26)33-42(36,37)28-5-3-2-4-6-28/h2-14,23,29-31,33,35H,15-22H2,1H3/t23-,29+,30+,31+/m0/s1. The minimum absolute atomic E-state index is 0.0139. The Morgan fingerprint density at radius 1 is 0.881 bits per heavy atom. The molecular weight excluding hydrogens is 556 g/mol. The van der Waals surface area contributed by atoms with Crippen LogP contribution in [0.1, 0.15) is 48.8 Å². The summed E-state index contributed by atoms with van der Waals surface area (Å²) in [6.45, 7) is 5.93. The number of benzene rings is 3. The molecule has 224 valence electrons. The first-order valence-corrected chi connectivity index (χ1v) is 16.0. The van der Waals surface area contributed by atoms with Crippen molar-refractivity contribution in [1.82, 2.24) is 4.90 Å². The fraction of sp³-hybridized carbons (Fsp3) is 0.438. The summed E-state index contributed by atoms with van der Waals surface area (Å²) in [6, 6.07) is 23.3. The monoisotopic (exact) mass is 594 g/mol. The molecule has 0 amide bonds. The van der Waals surface area contributed by atoms with Gasteiger partial charge in [-0.2, -0.15) is 0 Å². The molecule has 0 aliphatic carbocycles. The van der Waals surface area contributed by atoms with Gasteiger partial charge in [0.1, 0.15) is 0 Å². The Bertz CT molecular complexity index is 1420. The van der Waals surface area contributed by atoms with Crippen LogP contribution in [0.25, 0.3) is 0 Å². The van der Waals surface area contributed by atoms with Gasteiger partial charge in [-0.25, -0.2) is 8.42 Å². The highest BCUT2D eigenvalue weighted by atomic mass is 32.2. The second-order valence-electron chi connectivity index (χ2n) is 11.3. The second kappa shape index (κ2) is 12.4. The number of likely N-dealkylation sites (tertiary alicyclic amines) is 1. The van der Waals surface area contributed by atoms with E-state index in [2.05, 4.69) is 16.5 Å². The number of aliphatic hydroxyl groups excluding tert-OH is 1. The molecule has 3 fully saturated rings. The van der Waals surface area contributed by atoms with Gasteiger partial charge in [0.05, 0.1) is 36.9 Å². The van der Waals surface area contributed by atoms with E-state index in [9.17, 15) is 13.5 Å². The first-order valence-electron chi connectivity index (χ1n) is 14.5. The van der Waals surface area contributed by atoms with E-state index >= 15 is 0 Å². The molecule has 3 aromatic carbocycles. The van der Waals surface area contributed by atoms with Gasteiger partial charge in [0.15, 0.2) is 12.1 Å². The van der Waals surface area contributed by atoms with Crippen LogP contribution in [0.15, 0.2) is 83.8 Å². The number of rotatable bonds is 8. The average molecular weight is 595 g/mol. The number of piperidine rings is 1. The Labute approximate surface area is 247 Å². The molecule has 42 heavy (non-hydrogen) atoms. The van der Waals surface area contributed by atoms with Crippen molar-refractivity contribution in [3.63, 3.8) is 0 Å². The Balaban J connectivity index is 1.19. The van der Waals surface area contributed by atoms with Crippen molar-refractivity contribution in [3.05, 3.63) is 95.6 Å². The minimum Gasteiger partial charge on any atom is -0.392 e. The maximum atomic E-state index is 12.8. The number of anilines is 1.